The smallest absolute Gasteiger partial charge is 0.332 e. The number of aromatic nitrogens is 1. The van der Waals surface area contributed by atoms with Crippen molar-refractivity contribution in [2.75, 3.05) is 32.6 Å². The molecule has 0 radical (unpaired) electrons. The molecule has 0 saturated heterocycles. The van der Waals surface area contributed by atoms with E-state index < -0.39 is 70.2 Å². The van der Waals surface area contributed by atoms with Crippen LogP contribution in [0.1, 0.15) is 32.1 Å². The van der Waals surface area contributed by atoms with E-state index in [1.54, 1.807) is 0 Å². The van der Waals surface area contributed by atoms with Crippen molar-refractivity contribution in [3.63, 3.8) is 0 Å². The number of nitrogens with zero attached hydrogens (tertiary/aromatic N) is 2. The van der Waals surface area contributed by atoms with Crippen molar-refractivity contribution < 1.29 is 47.5 Å². The number of nitrogens with two attached hydrogens (primary N) is 2. The maximum Gasteiger partial charge on any atom is 0.332 e. The minimum Gasteiger partial charge on any atom is -0.861 e. The SMILES string of the molecule is COP(=O)(O)Cc1cc(CP(=O)(O)OC)cc(NC(=O)CN=C([O-])CNC(=O)c2ccc(C(=O)N=C(N)N)[nH]2)c1. The molecule has 0 fully saturated rings. The predicted octanol–water partition coefficient (Wildman–Crippen LogP) is -0.781. The zero-order valence-electron chi connectivity index (χ0n) is 21.3. The number of nitrogens with one attached hydrogen (secondary N) is 3. The van der Waals surface area contributed by atoms with Crippen LogP contribution in [-0.4, -0.2) is 71.7 Å². The number of aromatic amines is 1. The van der Waals surface area contributed by atoms with E-state index in [9.17, 15) is 38.4 Å². The molecule has 2 aromatic rings. The zero-order valence-corrected chi connectivity index (χ0v) is 23.1. The van der Waals surface area contributed by atoms with E-state index in [1.165, 1.54) is 30.3 Å². The Balaban J connectivity index is 2.03. The Hall–Kier alpha value is -3.85. The second kappa shape index (κ2) is 14.0. The Morgan fingerprint density at radius 1 is 1.00 bits per heavy atom. The molecule has 9 N–H and O–H groups in total. The molecule has 40 heavy (non-hydrogen) atoms. The van der Waals surface area contributed by atoms with E-state index in [1.807, 2.05) is 0 Å². The van der Waals surface area contributed by atoms with Crippen LogP contribution >= 0.6 is 15.2 Å². The number of benzene rings is 1. The van der Waals surface area contributed by atoms with Crippen LogP contribution in [0.25, 0.3) is 0 Å². The van der Waals surface area contributed by atoms with Gasteiger partial charge in [-0.25, -0.2) is 0 Å². The summed E-state index contributed by atoms with van der Waals surface area (Å²) in [7, 11) is -5.92. The molecule has 2 atom stereocenters. The van der Waals surface area contributed by atoms with Gasteiger partial charge in [-0.15, -0.1) is 0 Å². The second-order valence-electron chi connectivity index (χ2n) is 8.06. The highest BCUT2D eigenvalue weighted by atomic mass is 31.2. The third-order valence-electron chi connectivity index (χ3n) is 4.86. The first kappa shape index (κ1) is 32.4. The Morgan fingerprint density at radius 2 is 1.55 bits per heavy atom. The Kier molecular flexibility index (Phi) is 11.3. The first-order valence-electron chi connectivity index (χ1n) is 11.1. The lowest BCUT2D eigenvalue weighted by molar-refractivity contribution is -0.217. The van der Waals surface area contributed by atoms with Crippen LogP contribution in [0.4, 0.5) is 5.69 Å². The zero-order chi connectivity index (χ0) is 30.1. The van der Waals surface area contributed by atoms with Crippen LogP contribution in [0.2, 0.25) is 0 Å². The summed E-state index contributed by atoms with van der Waals surface area (Å²) in [6.45, 7) is -1.20. The Bertz CT molecular complexity index is 1370. The molecule has 2 unspecified atom stereocenters. The number of rotatable bonds is 13. The van der Waals surface area contributed by atoms with E-state index in [0.29, 0.717) is 0 Å². The van der Waals surface area contributed by atoms with Crippen molar-refractivity contribution in [3.8, 4) is 0 Å². The molecular formula is C21H28N7O10P2-. The summed E-state index contributed by atoms with van der Waals surface area (Å²) < 4.78 is 33.1. The average molecular weight is 600 g/mol. The number of amides is 3. The lowest BCUT2D eigenvalue weighted by Crippen LogP contribution is -2.36. The fraction of sp³-hybridized carbons (Fsp3) is 0.286. The van der Waals surface area contributed by atoms with Gasteiger partial charge < -0.3 is 51.0 Å². The van der Waals surface area contributed by atoms with Crippen LogP contribution in [0.15, 0.2) is 40.3 Å². The van der Waals surface area contributed by atoms with Gasteiger partial charge in [0.2, 0.25) is 5.91 Å². The minimum atomic E-state index is -4.01. The minimum absolute atomic E-state index is 0.0582. The van der Waals surface area contributed by atoms with Crippen LogP contribution in [0.5, 0.6) is 0 Å². The third-order valence-corrected chi connectivity index (χ3v) is 7.53. The first-order chi connectivity index (χ1) is 18.6. The largest absolute Gasteiger partial charge is 0.861 e. The van der Waals surface area contributed by atoms with Crippen LogP contribution in [-0.2, 0) is 35.3 Å². The molecule has 218 valence electrons. The lowest BCUT2D eigenvalue weighted by Gasteiger charge is -2.15. The van der Waals surface area contributed by atoms with Crippen molar-refractivity contribution in [1.29, 1.82) is 0 Å². The summed E-state index contributed by atoms with van der Waals surface area (Å²) in [5.74, 6) is -3.60. The molecule has 0 saturated carbocycles. The number of hydrogen-bond donors (Lipinski definition) is 7. The number of carbonyl (C=O) groups excluding carboxylic acids is 3. The summed E-state index contributed by atoms with van der Waals surface area (Å²) in [6.07, 6.45) is -0.896. The standard InChI is InChI=1S/C21H29N7O10P2/c1-37-39(33,34)10-12-5-13(11-40(35,36)38-2)7-14(6-12)26-18(30)9-24-17(29)8-25-19(31)15-3-4-16(27-15)20(32)28-21(22)23/h3-7,27H,8-11H2,1-2H3,(H,24,29)(H,25,31)(H,26,30)(H,33,34)(H,35,36)(H4,22,23,28,32)/p-1. The van der Waals surface area contributed by atoms with Gasteiger partial charge in [0.1, 0.15) is 17.9 Å². The van der Waals surface area contributed by atoms with E-state index in [-0.39, 0.29) is 28.2 Å². The highest BCUT2D eigenvalue weighted by Gasteiger charge is 2.22. The van der Waals surface area contributed by atoms with Crippen LogP contribution in [0.3, 0.4) is 0 Å². The number of guanidine groups is 1. The third kappa shape index (κ3) is 10.7. The van der Waals surface area contributed by atoms with Crippen LogP contribution < -0.4 is 27.2 Å². The molecule has 0 spiro atoms. The fourth-order valence-corrected chi connectivity index (χ4v) is 4.65. The topological polar surface area (TPSA) is 284 Å². The van der Waals surface area contributed by atoms with Crippen molar-refractivity contribution in [1.82, 2.24) is 10.3 Å². The summed E-state index contributed by atoms with van der Waals surface area (Å²) in [5.41, 5.74) is 10.7. The molecule has 17 nitrogen and oxygen atoms in total. The van der Waals surface area contributed by atoms with Gasteiger partial charge in [0.15, 0.2) is 5.96 Å². The highest BCUT2D eigenvalue weighted by Crippen LogP contribution is 2.47. The van der Waals surface area contributed by atoms with Crippen molar-refractivity contribution in [2.45, 2.75) is 12.3 Å². The van der Waals surface area contributed by atoms with E-state index >= 15 is 0 Å². The summed E-state index contributed by atoms with van der Waals surface area (Å²) in [6, 6.07) is 6.63. The summed E-state index contributed by atoms with van der Waals surface area (Å²) in [5, 5.41) is 16.8. The van der Waals surface area contributed by atoms with Crippen molar-refractivity contribution in [2.24, 2.45) is 21.5 Å². The van der Waals surface area contributed by atoms with Crippen molar-refractivity contribution in [3.05, 3.63) is 52.8 Å². The van der Waals surface area contributed by atoms with Crippen molar-refractivity contribution >= 4 is 50.5 Å². The van der Waals surface area contributed by atoms with Gasteiger partial charge in [0.25, 0.3) is 11.8 Å². The van der Waals surface area contributed by atoms with Gasteiger partial charge in [-0.3, -0.25) is 28.5 Å². The molecule has 1 heterocycles. The van der Waals surface area contributed by atoms with Gasteiger partial charge >= 0.3 is 15.2 Å². The number of aliphatic imine (C=N–C) groups is 2. The normalized spacial score (nSPS) is 14.4. The molecule has 19 heteroatoms. The molecule has 0 bridgehead atoms. The molecule has 0 aliphatic rings. The van der Waals surface area contributed by atoms with E-state index in [2.05, 4.69) is 34.6 Å². The number of H-pyrrole nitrogens is 1. The molecule has 0 aliphatic heterocycles. The molecule has 3 amide bonds. The maximum atomic E-state index is 12.4. The van der Waals surface area contributed by atoms with Gasteiger partial charge in [-0.1, -0.05) is 6.07 Å². The highest BCUT2D eigenvalue weighted by molar-refractivity contribution is 7.52. The molecule has 0 aliphatic carbocycles. The number of carbonyl (C=O) groups is 3. The fourth-order valence-electron chi connectivity index (χ4n) is 3.11. The van der Waals surface area contributed by atoms with E-state index in [4.69, 9.17) is 11.5 Å². The molecule has 1 aromatic heterocycles. The number of hydrogen-bond acceptors (Lipinski definition) is 9. The monoisotopic (exact) mass is 600 g/mol. The lowest BCUT2D eigenvalue weighted by atomic mass is 10.1. The Morgan fingerprint density at radius 3 is 2.08 bits per heavy atom. The summed E-state index contributed by atoms with van der Waals surface area (Å²) >= 11 is 0. The molecular weight excluding hydrogens is 572 g/mol. The molecule has 1 aromatic carbocycles. The first-order valence-corrected chi connectivity index (χ1v) is 14.6. The molecule has 2 rings (SSSR count). The van der Waals surface area contributed by atoms with Gasteiger partial charge in [0.05, 0.1) is 12.3 Å². The average Bonchev–Trinajstić information content (AvgIpc) is 3.36. The number of anilines is 1. The predicted molar refractivity (Wildman–Crippen MR) is 142 cm³/mol. The van der Waals surface area contributed by atoms with Gasteiger partial charge in [-0.05, 0) is 41.3 Å². The quantitative estimate of drug-likeness (QED) is 0.0847. The van der Waals surface area contributed by atoms with E-state index in [0.717, 1.165) is 14.2 Å². The summed E-state index contributed by atoms with van der Waals surface area (Å²) in [4.78, 5) is 65.2. The Labute approximate surface area is 227 Å². The van der Waals surface area contributed by atoms with Gasteiger partial charge in [0, 0.05) is 26.5 Å². The second-order valence-corrected chi connectivity index (χ2v) is 12.0. The van der Waals surface area contributed by atoms with Gasteiger partial charge in [-0.2, -0.15) is 4.99 Å². The maximum absolute atomic E-state index is 12.4. The van der Waals surface area contributed by atoms with Crippen LogP contribution in [0, 0.1) is 0 Å².